The van der Waals surface area contributed by atoms with Crippen LogP contribution in [-0.2, 0) is 6.42 Å². The normalized spacial score (nSPS) is 12.2. The molecular weight excluding hydrogens is 279 g/mol. The molecule has 3 nitrogen and oxygen atoms in total. The van der Waals surface area contributed by atoms with E-state index >= 15 is 0 Å². The minimum atomic E-state index is -0.297. The first-order chi connectivity index (χ1) is 9.65. The summed E-state index contributed by atoms with van der Waals surface area (Å²) in [6.07, 6.45) is 3.85. The molecule has 20 heavy (non-hydrogen) atoms. The zero-order valence-electron chi connectivity index (χ0n) is 11.4. The number of nitrogens with one attached hydrogen (secondary N) is 1. The second-order valence-electron chi connectivity index (χ2n) is 4.40. The van der Waals surface area contributed by atoms with Crippen molar-refractivity contribution in [3.8, 4) is 5.75 Å². The van der Waals surface area contributed by atoms with Gasteiger partial charge < -0.3 is 10.1 Å². The molecule has 2 aromatic rings. The molecule has 2 rings (SSSR count). The van der Waals surface area contributed by atoms with E-state index in [0.717, 1.165) is 5.56 Å². The summed E-state index contributed by atoms with van der Waals surface area (Å²) in [6.45, 7) is 0. The van der Waals surface area contributed by atoms with E-state index in [-0.39, 0.29) is 11.9 Å². The minimum Gasteiger partial charge on any atom is -0.497 e. The Morgan fingerprint density at radius 2 is 2.20 bits per heavy atom. The highest BCUT2D eigenvalue weighted by Crippen LogP contribution is 2.26. The van der Waals surface area contributed by atoms with Gasteiger partial charge in [0.25, 0.3) is 0 Å². The molecule has 0 saturated carbocycles. The number of aromatic nitrogens is 1. The van der Waals surface area contributed by atoms with Gasteiger partial charge in [-0.25, -0.2) is 4.39 Å². The molecule has 1 aromatic carbocycles. The summed E-state index contributed by atoms with van der Waals surface area (Å²) in [5.41, 5.74) is 1.51. The number of hydrogen-bond donors (Lipinski definition) is 1. The fraction of sp³-hybridized carbons (Fsp3) is 0.267. The second kappa shape index (κ2) is 6.68. The second-order valence-corrected chi connectivity index (χ2v) is 4.81. The lowest BCUT2D eigenvalue weighted by Gasteiger charge is -2.18. The molecule has 106 valence electrons. The highest BCUT2D eigenvalue weighted by atomic mass is 35.5. The molecule has 0 bridgehead atoms. The first-order valence-corrected chi connectivity index (χ1v) is 6.62. The predicted octanol–water partition coefficient (Wildman–Crippen LogP) is 3.39. The lowest BCUT2D eigenvalue weighted by molar-refractivity contribution is 0.409. The zero-order valence-corrected chi connectivity index (χ0v) is 12.1. The van der Waals surface area contributed by atoms with Crippen molar-refractivity contribution >= 4 is 11.6 Å². The van der Waals surface area contributed by atoms with Crippen LogP contribution < -0.4 is 10.1 Å². The number of nitrogens with zero attached hydrogens (tertiary/aromatic N) is 1. The molecule has 1 heterocycles. The average molecular weight is 295 g/mol. The highest BCUT2D eigenvalue weighted by Gasteiger charge is 2.16. The molecular formula is C15H16ClFN2O. The Bertz CT molecular complexity index is 592. The third kappa shape index (κ3) is 3.26. The van der Waals surface area contributed by atoms with Crippen LogP contribution in [0.4, 0.5) is 4.39 Å². The average Bonchev–Trinajstić information content (AvgIpc) is 2.47. The van der Waals surface area contributed by atoms with Crippen molar-refractivity contribution in [2.75, 3.05) is 14.2 Å². The monoisotopic (exact) mass is 294 g/mol. The number of likely N-dealkylation sites (N-methyl/N-ethyl adjacent to an activating group) is 1. The van der Waals surface area contributed by atoms with E-state index in [0.29, 0.717) is 22.8 Å². The third-order valence-corrected chi connectivity index (χ3v) is 3.55. The molecule has 0 radical (unpaired) electrons. The van der Waals surface area contributed by atoms with E-state index in [1.807, 2.05) is 6.07 Å². The summed E-state index contributed by atoms with van der Waals surface area (Å²) >= 11 is 6.10. The van der Waals surface area contributed by atoms with Crippen molar-refractivity contribution < 1.29 is 9.13 Å². The van der Waals surface area contributed by atoms with Crippen molar-refractivity contribution in [3.63, 3.8) is 0 Å². The molecule has 0 amide bonds. The summed E-state index contributed by atoms with van der Waals surface area (Å²) in [5, 5.41) is 3.70. The van der Waals surface area contributed by atoms with Crippen molar-refractivity contribution in [2.45, 2.75) is 12.5 Å². The first kappa shape index (κ1) is 14.8. The SMILES string of the molecule is CNC(Cc1ccncc1Cl)c1ccc(OC)cc1F. The van der Waals surface area contributed by atoms with E-state index in [9.17, 15) is 4.39 Å². The highest BCUT2D eigenvalue weighted by molar-refractivity contribution is 6.31. The Kier molecular flexibility index (Phi) is 4.93. The Morgan fingerprint density at radius 1 is 1.40 bits per heavy atom. The van der Waals surface area contributed by atoms with Crippen LogP contribution in [0.15, 0.2) is 36.7 Å². The van der Waals surface area contributed by atoms with Gasteiger partial charge in [-0.2, -0.15) is 0 Å². The molecule has 1 unspecified atom stereocenters. The third-order valence-electron chi connectivity index (χ3n) is 3.21. The van der Waals surface area contributed by atoms with Crippen molar-refractivity contribution in [1.29, 1.82) is 0 Å². The quantitative estimate of drug-likeness (QED) is 0.918. The van der Waals surface area contributed by atoms with Gasteiger partial charge in [-0.3, -0.25) is 4.98 Å². The number of hydrogen-bond acceptors (Lipinski definition) is 3. The number of pyridine rings is 1. The summed E-state index contributed by atoms with van der Waals surface area (Å²) in [5.74, 6) is 0.205. The molecule has 0 aliphatic carbocycles. The molecule has 1 atom stereocenters. The van der Waals surface area contributed by atoms with Gasteiger partial charge in [0.2, 0.25) is 0 Å². The van der Waals surface area contributed by atoms with Crippen LogP contribution in [0.2, 0.25) is 5.02 Å². The summed E-state index contributed by atoms with van der Waals surface area (Å²) in [4.78, 5) is 3.95. The number of halogens is 2. The van der Waals surface area contributed by atoms with Crippen LogP contribution in [0.1, 0.15) is 17.2 Å². The molecule has 0 aliphatic heterocycles. The maximum absolute atomic E-state index is 14.1. The molecule has 0 spiro atoms. The van der Waals surface area contributed by atoms with Crippen LogP contribution in [-0.4, -0.2) is 19.1 Å². The molecule has 0 fully saturated rings. The standard InChI is InChI=1S/C15H16ClFN2O/c1-18-15(7-10-5-6-19-9-13(10)16)12-4-3-11(20-2)8-14(12)17/h3-6,8-9,15,18H,7H2,1-2H3. The number of rotatable bonds is 5. The smallest absolute Gasteiger partial charge is 0.131 e. The lowest BCUT2D eigenvalue weighted by Crippen LogP contribution is -2.20. The lowest BCUT2D eigenvalue weighted by atomic mass is 9.99. The summed E-state index contributed by atoms with van der Waals surface area (Å²) in [7, 11) is 3.31. The van der Waals surface area contributed by atoms with E-state index in [1.54, 1.807) is 31.6 Å². The van der Waals surface area contributed by atoms with Crippen molar-refractivity contribution in [1.82, 2.24) is 10.3 Å². The van der Waals surface area contributed by atoms with Crippen molar-refractivity contribution in [2.24, 2.45) is 0 Å². The van der Waals surface area contributed by atoms with Gasteiger partial charge in [0.05, 0.1) is 12.1 Å². The fourth-order valence-corrected chi connectivity index (χ4v) is 2.27. The van der Waals surface area contributed by atoms with Crippen LogP contribution in [0, 0.1) is 5.82 Å². The summed E-state index contributed by atoms with van der Waals surface area (Å²) in [6, 6.07) is 6.53. The van der Waals surface area contributed by atoms with Gasteiger partial charge >= 0.3 is 0 Å². The van der Waals surface area contributed by atoms with E-state index in [4.69, 9.17) is 16.3 Å². The molecule has 1 N–H and O–H groups in total. The Balaban J connectivity index is 2.27. The van der Waals surface area contributed by atoms with Gasteiger partial charge in [-0.05, 0) is 31.2 Å². The van der Waals surface area contributed by atoms with Crippen LogP contribution >= 0.6 is 11.6 Å². The number of benzene rings is 1. The zero-order chi connectivity index (χ0) is 14.5. The van der Waals surface area contributed by atoms with Crippen molar-refractivity contribution in [3.05, 3.63) is 58.6 Å². The van der Waals surface area contributed by atoms with Gasteiger partial charge in [0.15, 0.2) is 0 Å². The van der Waals surface area contributed by atoms with Crippen LogP contribution in [0.25, 0.3) is 0 Å². The van der Waals surface area contributed by atoms with Gasteiger partial charge in [-0.15, -0.1) is 0 Å². The van der Waals surface area contributed by atoms with Crippen LogP contribution in [0.5, 0.6) is 5.75 Å². The summed E-state index contributed by atoms with van der Waals surface area (Å²) < 4.78 is 19.1. The molecule has 1 aromatic heterocycles. The van der Waals surface area contributed by atoms with Gasteiger partial charge in [-0.1, -0.05) is 17.7 Å². The van der Waals surface area contributed by atoms with E-state index in [1.165, 1.54) is 13.2 Å². The number of ether oxygens (including phenoxy) is 1. The van der Waals surface area contributed by atoms with E-state index in [2.05, 4.69) is 10.3 Å². The van der Waals surface area contributed by atoms with Crippen LogP contribution in [0.3, 0.4) is 0 Å². The largest absolute Gasteiger partial charge is 0.497 e. The predicted molar refractivity (Wildman–Crippen MR) is 77.7 cm³/mol. The maximum atomic E-state index is 14.1. The van der Waals surface area contributed by atoms with Gasteiger partial charge in [0, 0.05) is 30.1 Å². The Hall–Kier alpha value is -1.65. The maximum Gasteiger partial charge on any atom is 0.131 e. The van der Waals surface area contributed by atoms with E-state index < -0.39 is 0 Å². The Morgan fingerprint density at radius 3 is 2.80 bits per heavy atom. The minimum absolute atomic E-state index is 0.166. The number of methoxy groups -OCH3 is 1. The molecule has 0 aliphatic rings. The Labute approximate surface area is 122 Å². The molecule has 0 saturated heterocycles. The topological polar surface area (TPSA) is 34.2 Å². The molecule has 5 heteroatoms. The fourth-order valence-electron chi connectivity index (χ4n) is 2.07. The first-order valence-electron chi connectivity index (χ1n) is 6.24. The van der Waals surface area contributed by atoms with Gasteiger partial charge in [0.1, 0.15) is 11.6 Å².